The smallest absolute Gasteiger partial charge is 0.222 e. The Labute approximate surface area is 142 Å². The second kappa shape index (κ2) is 7.36. The summed E-state index contributed by atoms with van der Waals surface area (Å²) in [5, 5.41) is 4.56. The number of pyridine rings is 1. The predicted octanol–water partition coefficient (Wildman–Crippen LogP) is 3.24. The molecule has 0 N–H and O–H groups in total. The molecule has 6 heteroatoms. The summed E-state index contributed by atoms with van der Waals surface area (Å²) in [6, 6.07) is 4.47. The summed E-state index contributed by atoms with van der Waals surface area (Å²) < 4.78 is 7.90. The van der Waals surface area contributed by atoms with Crippen LogP contribution in [-0.2, 0) is 13.6 Å². The van der Waals surface area contributed by atoms with E-state index in [1.54, 1.807) is 12.4 Å². The molecule has 23 heavy (non-hydrogen) atoms. The van der Waals surface area contributed by atoms with E-state index in [1.807, 2.05) is 35.6 Å². The summed E-state index contributed by atoms with van der Waals surface area (Å²) in [4.78, 5) is 6.68. The van der Waals surface area contributed by atoms with Gasteiger partial charge in [0, 0.05) is 31.6 Å². The van der Waals surface area contributed by atoms with Crippen LogP contribution in [0, 0.1) is 6.92 Å². The molecule has 0 radical (unpaired) electrons. The summed E-state index contributed by atoms with van der Waals surface area (Å²) in [5.74, 6) is 2.77. The van der Waals surface area contributed by atoms with Crippen molar-refractivity contribution >= 4 is 11.8 Å². The van der Waals surface area contributed by atoms with Gasteiger partial charge in [-0.05, 0) is 44.7 Å². The molecule has 1 fully saturated rings. The Morgan fingerprint density at radius 1 is 1.43 bits per heavy atom. The Kier molecular flexibility index (Phi) is 5.23. The van der Waals surface area contributed by atoms with Crippen molar-refractivity contribution < 1.29 is 4.74 Å². The number of likely N-dealkylation sites (tertiary alicyclic amines) is 1. The fourth-order valence-corrected chi connectivity index (χ4v) is 3.96. The SMILES string of the molecule is CSC[C@@H]1CCCN1Cc1c(C)nn(C)c1Oc1cccnc1. The molecule has 0 unspecified atom stereocenters. The minimum atomic E-state index is 0.663. The maximum absolute atomic E-state index is 6.07. The standard InChI is InChI=1S/C17H24N4OS/c1-13-16(11-21-9-5-6-14(21)12-23-3)17(20(2)19-13)22-15-7-4-8-18-10-15/h4,7-8,10,14H,5-6,9,11-12H2,1-3H3/t14-/m0/s1. The van der Waals surface area contributed by atoms with Crippen molar-refractivity contribution in [2.45, 2.75) is 32.4 Å². The lowest BCUT2D eigenvalue weighted by atomic mass is 10.2. The zero-order valence-electron chi connectivity index (χ0n) is 14.0. The third kappa shape index (κ3) is 3.70. The molecule has 0 bridgehead atoms. The van der Waals surface area contributed by atoms with Crippen LogP contribution in [0.25, 0.3) is 0 Å². The Morgan fingerprint density at radius 3 is 3.04 bits per heavy atom. The number of aromatic nitrogens is 3. The molecule has 2 aromatic heterocycles. The molecule has 1 saturated heterocycles. The molecule has 5 nitrogen and oxygen atoms in total. The zero-order valence-corrected chi connectivity index (χ0v) is 14.8. The highest BCUT2D eigenvalue weighted by molar-refractivity contribution is 7.98. The van der Waals surface area contributed by atoms with Gasteiger partial charge >= 0.3 is 0 Å². The van der Waals surface area contributed by atoms with Gasteiger partial charge in [-0.3, -0.25) is 9.88 Å². The minimum Gasteiger partial charge on any atom is -0.437 e. The van der Waals surface area contributed by atoms with Crippen LogP contribution in [-0.4, -0.2) is 44.3 Å². The largest absolute Gasteiger partial charge is 0.437 e. The lowest BCUT2D eigenvalue weighted by molar-refractivity contribution is 0.259. The molecule has 1 atom stereocenters. The molecular weight excluding hydrogens is 308 g/mol. The van der Waals surface area contributed by atoms with E-state index in [-0.39, 0.29) is 0 Å². The van der Waals surface area contributed by atoms with Crippen molar-refractivity contribution in [3.05, 3.63) is 35.8 Å². The number of ether oxygens (including phenoxy) is 1. The summed E-state index contributed by atoms with van der Waals surface area (Å²) in [5.41, 5.74) is 2.23. The topological polar surface area (TPSA) is 43.2 Å². The summed E-state index contributed by atoms with van der Waals surface area (Å²) in [6.07, 6.45) is 8.24. The number of nitrogens with zero attached hydrogens (tertiary/aromatic N) is 4. The highest BCUT2D eigenvalue weighted by Crippen LogP contribution is 2.30. The maximum atomic E-state index is 6.07. The lowest BCUT2D eigenvalue weighted by Gasteiger charge is -2.24. The molecule has 1 aliphatic heterocycles. The number of hydrogen-bond acceptors (Lipinski definition) is 5. The van der Waals surface area contributed by atoms with Crippen molar-refractivity contribution in [1.29, 1.82) is 0 Å². The van der Waals surface area contributed by atoms with Crippen LogP contribution in [0.5, 0.6) is 11.6 Å². The summed E-state index contributed by atoms with van der Waals surface area (Å²) in [7, 11) is 1.94. The average Bonchev–Trinajstić information content (AvgIpc) is 3.08. The molecule has 0 amide bonds. The van der Waals surface area contributed by atoms with Gasteiger partial charge in [0.15, 0.2) is 0 Å². The first kappa shape index (κ1) is 16.3. The monoisotopic (exact) mass is 332 g/mol. The molecule has 3 heterocycles. The van der Waals surface area contributed by atoms with Gasteiger partial charge in [0.05, 0.1) is 17.5 Å². The molecule has 2 aromatic rings. The number of thioether (sulfide) groups is 1. The van der Waals surface area contributed by atoms with E-state index in [1.165, 1.54) is 24.2 Å². The van der Waals surface area contributed by atoms with Crippen LogP contribution in [0.4, 0.5) is 0 Å². The fraction of sp³-hybridized carbons (Fsp3) is 0.529. The van der Waals surface area contributed by atoms with E-state index in [9.17, 15) is 0 Å². The molecule has 3 rings (SSSR count). The van der Waals surface area contributed by atoms with Gasteiger partial charge in [0.25, 0.3) is 0 Å². The first-order chi connectivity index (χ1) is 11.2. The van der Waals surface area contributed by atoms with Crippen molar-refractivity contribution in [2.75, 3.05) is 18.6 Å². The van der Waals surface area contributed by atoms with Crippen LogP contribution in [0.2, 0.25) is 0 Å². The molecule has 1 aliphatic rings. The molecule has 0 aliphatic carbocycles. The molecule has 0 aromatic carbocycles. The van der Waals surface area contributed by atoms with E-state index >= 15 is 0 Å². The van der Waals surface area contributed by atoms with Crippen LogP contribution in [0.15, 0.2) is 24.5 Å². The molecule has 0 saturated carbocycles. The van der Waals surface area contributed by atoms with Crippen molar-refractivity contribution in [2.24, 2.45) is 7.05 Å². The summed E-state index contributed by atoms with van der Waals surface area (Å²) in [6.45, 7) is 4.12. The normalized spacial score (nSPS) is 18.5. The average molecular weight is 332 g/mol. The highest BCUT2D eigenvalue weighted by atomic mass is 32.2. The quantitative estimate of drug-likeness (QED) is 0.812. The van der Waals surface area contributed by atoms with Gasteiger partial charge in [-0.1, -0.05) is 0 Å². The molecular formula is C17H24N4OS. The fourth-order valence-electron chi connectivity index (χ4n) is 3.20. The van der Waals surface area contributed by atoms with Crippen LogP contribution in [0.3, 0.4) is 0 Å². The number of hydrogen-bond donors (Lipinski definition) is 0. The second-order valence-electron chi connectivity index (χ2n) is 6.01. The zero-order chi connectivity index (χ0) is 16.2. The number of aryl methyl sites for hydroxylation is 2. The van der Waals surface area contributed by atoms with Gasteiger partial charge < -0.3 is 4.74 Å². The Bertz CT molecular complexity index is 644. The molecule has 0 spiro atoms. The Hall–Kier alpha value is -1.53. The first-order valence-electron chi connectivity index (χ1n) is 8.02. The van der Waals surface area contributed by atoms with Crippen molar-refractivity contribution in [3.63, 3.8) is 0 Å². The van der Waals surface area contributed by atoms with E-state index in [2.05, 4.69) is 28.2 Å². The van der Waals surface area contributed by atoms with E-state index in [4.69, 9.17) is 4.74 Å². The van der Waals surface area contributed by atoms with E-state index < -0.39 is 0 Å². The number of rotatable bonds is 6. The van der Waals surface area contributed by atoms with Crippen LogP contribution in [0.1, 0.15) is 24.1 Å². The summed E-state index contributed by atoms with van der Waals surface area (Å²) >= 11 is 1.93. The lowest BCUT2D eigenvalue weighted by Crippen LogP contribution is -2.31. The van der Waals surface area contributed by atoms with Gasteiger partial charge in [-0.2, -0.15) is 16.9 Å². The van der Waals surface area contributed by atoms with E-state index in [0.717, 1.165) is 30.4 Å². The predicted molar refractivity (Wildman–Crippen MR) is 94.1 cm³/mol. The third-order valence-corrected chi connectivity index (χ3v) is 5.08. The Balaban J connectivity index is 1.81. The molecule has 124 valence electrons. The van der Waals surface area contributed by atoms with Gasteiger partial charge in [0.1, 0.15) is 5.75 Å². The Morgan fingerprint density at radius 2 is 2.30 bits per heavy atom. The van der Waals surface area contributed by atoms with Gasteiger partial charge in [0.2, 0.25) is 5.88 Å². The van der Waals surface area contributed by atoms with Gasteiger partial charge in [-0.15, -0.1) is 0 Å². The first-order valence-corrected chi connectivity index (χ1v) is 9.41. The second-order valence-corrected chi connectivity index (χ2v) is 6.92. The maximum Gasteiger partial charge on any atom is 0.222 e. The van der Waals surface area contributed by atoms with Crippen molar-refractivity contribution in [1.82, 2.24) is 19.7 Å². The highest BCUT2D eigenvalue weighted by Gasteiger charge is 2.27. The minimum absolute atomic E-state index is 0.663. The van der Waals surface area contributed by atoms with Crippen LogP contribution < -0.4 is 4.74 Å². The third-order valence-electron chi connectivity index (χ3n) is 4.36. The van der Waals surface area contributed by atoms with Crippen molar-refractivity contribution in [3.8, 4) is 11.6 Å². The van der Waals surface area contributed by atoms with E-state index in [0.29, 0.717) is 6.04 Å². The van der Waals surface area contributed by atoms with Crippen LogP contribution >= 0.6 is 11.8 Å². The van der Waals surface area contributed by atoms with Gasteiger partial charge in [-0.25, -0.2) is 4.68 Å².